The third-order valence-electron chi connectivity index (χ3n) is 3.34. The lowest BCUT2D eigenvalue weighted by Gasteiger charge is -2.08. The quantitative estimate of drug-likeness (QED) is 0.787. The minimum atomic E-state index is -0.135. The molecule has 2 aromatic rings. The van der Waals surface area contributed by atoms with Gasteiger partial charge in [-0.05, 0) is 42.7 Å². The van der Waals surface area contributed by atoms with Crippen LogP contribution in [0.2, 0.25) is 0 Å². The summed E-state index contributed by atoms with van der Waals surface area (Å²) >= 11 is 0. The first-order valence-electron chi connectivity index (χ1n) is 6.99. The summed E-state index contributed by atoms with van der Waals surface area (Å²) < 4.78 is 0. The number of hydrogen-bond donors (Lipinski definition) is 3. The molecular formula is C16H17N3O2. The highest BCUT2D eigenvalue weighted by molar-refractivity contribution is 5.94. The first-order chi connectivity index (χ1) is 10.2. The largest absolute Gasteiger partial charge is 0.508 e. The standard InChI is InChI=1S/C16H17N3O2/c20-14-5-1-11(2-6-14)10-18-16(21)12-7-8-17-15(9-12)19-13-3-4-13/h1-2,5-9,13,20H,3-4,10H2,(H,17,19)(H,18,21). The minimum absolute atomic E-state index is 0.135. The number of nitrogens with zero attached hydrogens (tertiary/aromatic N) is 1. The molecule has 5 heteroatoms. The summed E-state index contributed by atoms with van der Waals surface area (Å²) in [7, 11) is 0. The number of phenols is 1. The molecule has 5 nitrogen and oxygen atoms in total. The Morgan fingerprint density at radius 2 is 2.00 bits per heavy atom. The smallest absolute Gasteiger partial charge is 0.251 e. The number of anilines is 1. The maximum absolute atomic E-state index is 12.1. The van der Waals surface area contributed by atoms with Crippen molar-refractivity contribution in [3.8, 4) is 5.75 Å². The average Bonchev–Trinajstić information content (AvgIpc) is 3.30. The number of benzene rings is 1. The molecule has 1 saturated carbocycles. The summed E-state index contributed by atoms with van der Waals surface area (Å²) in [5.41, 5.74) is 1.53. The maximum Gasteiger partial charge on any atom is 0.251 e. The van der Waals surface area contributed by atoms with Crippen LogP contribution in [0.15, 0.2) is 42.6 Å². The fraction of sp³-hybridized carbons (Fsp3) is 0.250. The van der Waals surface area contributed by atoms with Gasteiger partial charge in [-0.2, -0.15) is 0 Å². The minimum Gasteiger partial charge on any atom is -0.508 e. The van der Waals surface area contributed by atoms with Crippen LogP contribution in [0, 0.1) is 0 Å². The molecule has 0 unspecified atom stereocenters. The number of phenolic OH excluding ortho intramolecular Hbond substituents is 1. The van der Waals surface area contributed by atoms with Crippen molar-refractivity contribution in [2.24, 2.45) is 0 Å². The van der Waals surface area contributed by atoms with Gasteiger partial charge in [0.15, 0.2) is 0 Å². The second-order valence-corrected chi connectivity index (χ2v) is 5.20. The van der Waals surface area contributed by atoms with E-state index in [4.69, 9.17) is 0 Å². The Hall–Kier alpha value is -2.56. The Morgan fingerprint density at radius 3 is 2.71 bits per heavy atom. The van der Waals surface area contributed by atoms with Crippen molar-refractivity contribution in [1.29, 1.82) is 0 Å². The van der Waals surface area contributed by atoms with Crippen molar-refractivity contribution < 1.29 is 9.90 Å². The predicted molar refractivity (Wildman–Crippen MR) is 80.2 cm³/mol. The zero-order valence-corrected chi connectivity index (χ0v) is 11.5. The van der Waals surface area contributed by atoms with Crippen molar-refractivity contribution in [3.05, 3.63) is 53.7 Å². The normalized spacial score (nSPS) is 13.7. The van der Waals surface area contributed by atoms with Crippen molar-refractivity contribution in [1.82, 2.24) is 10.3 Å². The van der Waals surface area contributed by atoms with Crippen LogP contribution in [0.3, 0.4) is 0 Å². The van der Waals surface area contributed by atoms with Crippen LogP contribution >= 0.6 is 0 Å². The summed E-state index contributed by atoms with van der Waals surface area (Å²) in [5, 5.41) is 15.3. The Morgan fingerprint density at radius 1 is 1.24 bits per heavy atom. The lowest BCUT2D eigenvalue weighted by Crippen LogP contribution is -2.23. The molecule has 0 atom stereocenters. The molecule has 0 spiro atoms. The van der Waals surface area contributed by atoms with Gasteiger partial charge in [0, 0.05) is 24.3 Å². The van der Waals surface area contributed by atoms with E-state index in [2.05, 4.69) is 15.6 Å². The number of carbonyl (C=O) groups excluding carboxylic acids is 1. The van der Waals surface area contributed by atoms with Crippen LogP contribution in [0.25, 0.3) is 0 Å². The summed E-state index contributed by atoms with van der Waals surface area (Å²) in [6.45, 7) is 0.423. The van der Waals surface area contributed by atoms with E-state index in [9.17, 15) is 9.90 Å². The van der Waals surface area contributed by atoms with Crippen LogP contribution in [0.4, 0.5) is 5.82 Å². The van der Waals surface area contributed by atoms with Crippen LogP contribution < -0.4 is 10.6 Å². The summed E-state index contributed by atoms with van der Waals surface area (Å²) in [5.74, 6) is 0.828. The molecule has 1 aromatic heterocycles. The van der Waals surface area contributed by atoms with E-state index in [0.717, 1.165) is 11.4 Å². The molecule has 1 heterocycles. The van der Waals surface area contributed by atoms with Gasteiger partial charge in [-0.15, -0.1) is 0 Å². The maximum atomic E-state index is 12.1. The van der Waals surface area contributed by atoms with Crippen molar-refractivity contribution >= 4 is 11.7 Å². The second kappa shape index (κ2) is 5.83. The summed E-state index contributed by atoms with van der Waals surface area (Å²) in [6, 6.07) is 10.7. The van der Waals surface area contributed by atoms with E-state index in [1.165, 1.54) is 12.8 Å². The molecule has 108 valence electrons. The Balaban J connectivity index is 1.60. The molecule has 0 saturated heterocycles. The van der Waals surface area contributed by atoms with Gasteiger partial charge in [-0.25, -0.2) is 4.98 Å². The van der Waals surface area contributed by atoms with E-state index in [1.54, 1.807) is 42.6 Å². The number of rotatable bonds is 5. The number of nitrogens with one attached hydrogen (secondary N) is 2. The highest BCUT2D eigenvalue weighted by Crippen LogP contribution is 2.23. The average molecular weight is 283 g/mol. The second-order valence-electron chi connectivity index (χ2n) is 5.20. The van der Waals surface area contributed by atoms with Gasteiger partial charge in [-0.3, -0.25) is 4.79 Å². The van der Waals surface area contributed by atoms with E-state index in [-0.39, 0.29) is 11.7 Å². The van der Waals surface area contributed by atoms with Gasteiger partial charge in [0.1, 0.15) is 11.6 Å². The number of amides is 1. The fourth-order valence-corrected chi connectivity index (χ4v) is 1.99. The number of carbonyl (C=O) groups is 1. The number of aromatic hydroxyl groups is 1. The van der Waals surface area contributed by atoms with Gasteiger partial charge in [0.2, 0.25) is 0 Å². The molecule has 0 radical (unpaired) electrons. The highest BCUT2D eigenvalue weighted by Gasteiger charge is 2.21. The highest BCUT2D eigenvalue weighted by atomic mass is 16.3. The lowest BCUT2D eigenvalue weighted by atomic mass is 10.2. The molecule has 0 bridgehead atoms. The Kier molecular flexibility index (Phi) is 3.73. The first kappa shape index (κ1) is 13.4. The van der Waals surface area contributed by atoms with E-state index < -0.39 is 0 Å². The van der Waals surface area contributed by atoms with Gasteiger partial charge in [0.25, 0.3) is 5.91 Å². The van der Waals surface area contributed by atoms with E-state index >= 15 is 0 Å². The van der Waals surface area contributed by atoms with Crippen molar-refractivity contribution in [2.45, 2.75) is 25.4 Å². The molecule has 0 aliphatic heterocycles. The fourth-order valence-electron chi connectivity index (χ4n) is 1.99. The van der Waals surface area contributed by atoms with Gasteiger partial charge < -0.3 is 15.7 Å². The van der Waals surface area contributed by atoms with Gasteiger partial charge in [0.05, 0.1) is 0 Å². The topological polar surface area (TPSA) is 74.2 Å². The molecule has 1 aliphatic rings. The molecular weight excluding hydrogens is 266 g/mol. The van der Waals surface area contributed by atoms with Crippen LogP contribution in [0.5, 0.6) is 5.75 Å². The molecule has 1 aliphatic carbocycles. The monoisotopic (exact) mass is 283 g/mol. The zero-order chi connectivity index (χ0) is 14.7. The Bertz CT molecular complexity index is 636. The van der Waals surface area contributed by atoms with Crippen molar-refractivity contribution in [3.63, 3.8) is 0 Å². The molecule has 1 aromatic carbocycles. The van der Waals surface area contributed by atoms with Crippen molar-refractivity contribution in [2.75, 3.05) is 5.32 Å². The van der Waals surface area contributed by atoms with Crippen LogP contribution in [-0.2, 0) is 6.54 Å². The third kappa shape index (κ3) is 3.72. The first-order valence-corrected chi connectivity index (χ1v) is 6.99. The Labute approximate surface area is 123 Å². The van der Waals surface area contributed by atoms with Crippen LogP contribution in [-0.4, -0.2) is 22.0 Å². The molecule has 3 rings (SSSR count). The van der Waals surface area contributed by atoms with E-state index in [1.807, 2.05) is 0 Å². The lowest BCUT2D eigenvalue weighted by molar-refractivity contribution is 0.0951. The van der Waals surface area contributed by atoms with Gasteiger partial charge in [-0.1, -0.05) is 12.1 Å². The third-order valence-corrected chi connectivity index (χ3v) is 3.34. The van der Waals surface area contributed by atoms with Gasteiger partial charge >= 0.3 is 0 Å². The van der Waals surface area contributed by atoms with Crippen LogP contribution in [0.1, 0.15) is 28.8 Å². The SMILES string of the molecule is O=C(NCc1ccc(O)cc1)c1ccnc(NC2CC2)c1. The number of pyridine rings is 1. The predicted octanol–water partition coefficient (Wildman–Crippen LogP) is 2.29. The molecule has 21 heavy (non-hydrogen) atoms. The van der Waals surface area contributed by atoms with E-state index in [0.29, 0.717) is 18.2 Å². The molecule has 3 N–H and O–H groups in total. The number of aromatic nitrogens is 1. The molecule has 1 amide bonds. The number of hydrogen-bond acceptors (Lipinski definition) is 4. The zero-order valence-electron chi connectivity index (χ0n) is 11.5. The summed E-state index contributed by atoms with van der Waals surface area (Å²) in [6.07, 6.45) is 3.97. The summed E-state index contributed by atoms with van der Waals surface area (Å²) in [4.78, 5) is 16.3. The molecule has 1 fully saturated rings.